The molecule has 2 saturated carbocycles. The monoisotopic (exact) mass is 406 g/mol. The summed E-state index contributed by atoms with van der Waals surface area (Å²) in [5, 5.41) is 0. The molecule has 0 spiro atoms. The second-order valence-corrected chi connectivity index (χ2v) is 9.48. The Labute approximate surface area is 180 Å². The van der Waals surface area contributed by atoms with E-state index >= 15 is 0 Å². The van der Waals surface area contributed by atoms with Gasteiger partial charge in [-0.15, -0.1) is 0 Å². The topological polar surface area (TPSA) is 78.3 Å². The number of ether oxygens (including phenoxy) is 1. The predicted octanol–water partition coefficient (Wildman–Crippen LogP) is 6.17. The fourth-order valence-electron chi connectivity index (χ4n) is 5.45. The second kappa shape index (κ2) is 9.11. The zero-order valence-corrected chi connectivity index (χ0v) is 18.0. The molecule has 2 aromatic rings. The van der Waals surface area contributed by atoms with Gasteiger partial charge in [-0.3, -0.25) is 0 Å². The Hall–Kier alpha value is -2.49. The molecule has 0 saturated heterocycles. The molecule has 0 bridgehead atoms. The van der Waals surface area contributed by atoms with Gasteiger partial charge in [0.2, 0.25) is 0 Å². The number of rotatable bonds is 4. The van der Waals surface area contributed by atoms with Gasteiger partial charge in [-0.2, -0.15) is 0 Å². The van der Waals surface area contributed by atoms with Crippen LogP contribution in [0.15, 0.2) is 42.5 Å². The molecule has 4 rings (SSSR count). The fraction of sp³-hybridized carbons (Fsp3) is 0.500. The minimum atomic E-state index is -0.441. The van der Waals surface area contributed by atoms with Crippen LogP contribution < -0.4 is 16.2 Å². The SMILES string of the molecule is CC1CCC(C2CCC(c3ccc(OC(=O)c4cc(N)cc(N)c4)cc3)CC2)CC1. The number of carbonyl (C=O) groups excluding carboxylic acids is 1. The van der Waals surface area contributed by atoms with Gasteiger partial charge in [-0.1, -0.05) is 31.9 Å². The molecule has 4 heteroatoms. The van der Waals surface area contributed by atoms with Crippen molar-refractivity contribution in [3.63, 3.8) is 0 Å². The van der Waals surface area contributed by atoms with Crippen molar-refractivity contribution in [2.24, 2.45) is 17.8 Å². The lowest BCUT2D eigenvalue weighted by Crippen LogP contribution is -2.24. The Morgan fingerprint density at radius 2 is 1.33 bits per heavy atom. The van der Waals surface area contributed by atoms with Crippen LogP contribution in [0.5, 0.6) is 5.75 Å². The standard InChI is InChI=1S/C26H34N2O2/c1-17-2-4-18(5-3-17)19-6-8-20(9-7-19)21-10-12-25(13-11-21)30-26(29)22-14-23(27)16-24(28)15-22/h10-20H,2-9,27-28H2,1H3. The van der Waals surface area contributed by atoms with Crippen molar-refractivity contribution in [2.75, 3.05) is 11.5 Å². The van der Waals surface area contributed by atoms with E-state index in [1.807, 2.05) is 12.1 Å². The Kier molecular flexibility index (Phi) is 6.31. The molecule has 2 aliphatic carbocycles. The summed E-state index contributed by atoms with van der Waals surface area (Å²) in [7, 11) is 0. The lowest BCUT2D eigenvalue weighted by Gasteiger charge is -2.37. The van der Waals surface area contributed by atoms with E-state index in [0.717, 1.165) is 17.8 Å². The van der Waals surface area contributed by atoms with Crippen LogP contribution in [-0.4, -0.2) is 5.97 Å². The summed E-state index contributed by atoms with van der Waals surface area (Å²) >= 11 is 0. The van der Waals surface area contributed by atoms with Gasteiger partial charge in [-0.25, -0.2) is 4.79 Å². The Bertz CT molecular complexity index is 841. The molecule has 2 aromatic carbocycles. The average Bonchev–Trinajstić information content (AvgIpc) is 2.74. The Morgan fingerprint density at radius 1 is 0.800 bits per heavy atom. The highest BCUT2D eigenvalue weighted by Gasteiger charge is 2.30. The number of hydrogen-bond acceptors (Lipinski definition) is 4. The van der Waals surface area contributed by atoms with Gasteiger partial charge in [0.05, 0.1) is 5.56 Å². The molecule has 0 aliphatic heterocycles. The third-order valence-corrected chi connectivity index (χ3v) is 7.27. The highest BCUT2D eigenvalue weighted by Crippen LogP contribution is 2.43. The van der Waals surface area contributed by atoms with Crippen molar-refractivity contribution in [3.05, 3.63) is 53.6 Å². The lowest BCUT2D eigenvalue weighted by atomic mass is 9.68. The van der Waals surface area contributed by atoms with Crippen LogP contribution in [0.3, 0.4) is 0 Å². The molecule has 4 nitrogen and oxygen atoms in total. The number of nitrogens with two attached hydrogens (primary N) is 2. The van der Waals surface area contributed by atoms with Gasteiger partial charge in [-0.05, 0) is 98.1 Å². The van der Waals surface area contributed by atoms with E-state index in [-0.39, 0.29) is 0 Å². The van der Waals surface area contributed by atoms with E-state index in [4.69, 9.17) is 16.2 Å². The van der Waals surface area contributed by atoms with Crippen LogP contribution >= 0.6 is 0 Å². The van der Waals surface area contributed by atoms with Crippen LogP contribution in [-0.2, 0) is 0 Å². The zero-order chi connectivity index (χ0) is 21.1. The van der Waals surface area contributed by atoms with Crippen LogP contribution in [0.1, 0.15) is 80.1 Å². The van der Waals surface area contributed by atoms with Gasteiger partial charge in [0.15, 0.2) is 0 Å². The summed E-state index contributed by atoms with van der Waals surface area (Å²) in [5.41, 5.74) is 14.2. The molecule has 0 heterocycles. The fourth-order valence-corrected chi connectivity index (χ4v) is 5.45. The van der Waals surface area contributed by atoms with E-state index in [2.05, 4.69) is 19.1 Å². The molecule has 0 unspecified atom stereocenters. The summed E-state index contributed by atoms with van der Waals surface area (Å²) < 4.78 is 5.51. The van der Waals surface area contributed by atoms with Crippen molar-refractivity contribution < 1.29 is 9.53 Å². The molecule has 2 fully saturated rings. The maximum Gasteiger partial charge on any atom is 0.343 e. The Balaban J connectivity index is 1.31. The summed E-state index contributed by atoms with van der Waals surface area (Å²) in [5.74, 6) is 3.56. The minimum absolute atomic E-state index is 0.368. The van der Waals surface area contributed by atoms with Crippen LogP contribution in [0.25, 0.3) is 0 Å². The van der Waals surface area contributed by atoms with Crippen LogP contribution in [0, 0.1) is 17.8 Å². The molecular formula is C26H34N2O2. The summed E-state index contributed by atoms with van der Waals surface area (Å²) in [6.07, 6.45) is 11.0. The van der Waals surface area contributed by atoms with Crippen molar-refractivity contribution in [1.29, 1.82) is 0 Å². The molecule has 0 atom stereocenters. The predicted molar refractivity (Wildman–Crippen MR) is 122 cm³/mol. The quantitative estimate of drug-likeness (QED) is 0.361. The third-order valence-electron chi connectivity index (χ3n) is 7.27. The van der Waals surface area contributed by atoms with Gasteiger partial charge < -0.3 is 16.2 Å². The first-order valence-electron chi connectivity index (χ1n) is 11.5. The van der Waals surface area contributed by atoms with Gasteiger partial charge in [0.25, 0.3) is 0 Å². The molecule has 160 valence electrons. The third kappa shape index (κ3) is 4.97. The minimum Gasteiger partial charge on any atom is -0.423 e. The Morgan fingerprint density at radius 3 is 1.90 bits per heavy atom. The van der Waals surface area contributed by atoms with Crippen molar-refractivity contribution in [2.45, 2.75) is 64.2 Å². The highest BCUT2D eigenvalue weighted by atomic mass is 16.5. The average molecular weight is 407 g/mol. The normalized spacial score (nSPS) is 26.8. The number of anilines is 2. The molecular weight excluding hydrogens is 372 g/mol. The molecule has 0 radical (unpaired) electrons. The van der Waals surface area contributed by atoms with E-state index < -0.39 is 5.97 Å². The van der Waals surface area contributed by atoms with Gasteiger partial charge in [0, 0.05) is 11.4 Å². The van der Waals surface area contributed by atoms with Gasteiger partial charge >= 0.3 is 5.97 Å². The molecule has 4 N–H and O–H groups in total. The second-order valence-electron chi connectivity index (χ2n) is 9.48. The van der Waals surface area contributed by atoms with E-state index in [1.54, 1.807) is 18.2 Å². The van der Waals surface area contributed by atoms with Crippen molar-refractivity contribution in [1.82, 2.24) is 0 Å². The lowest BCUT2D eigenvalue weighted by molar-refractivity contribution is 0.0735. The molecule has 30 heavy (non-hydrogen) atoms. The smallest absolute Gasteiger partial charge is 0.343 e. The maximum absolute atomic E-state index is 12.4. The van der Waals surface area contributed by atoms with E-state index in [1.165, 1.54) is 56.9 Å². The summed E-state index contributed by atoms with van der Waals surface area (Å²) in [6.45, 7) is 2.40. The molecule has 0 aromatic heterocycles. The number of hydrogen-bond donors (Lipinski definition) is 2. The number of benzene rings is 2. The number of carbonyl (C=O) groups is 1. The first kappa shape index (κ1) is 20.8. The molecule has 2 aliphatic rings. The van der Waals surface area contributed by atoms with Crippen LogP contribution in [0.4, 0.5) is 11.4 Å². The molecule has 0 amide bonds. The van der Waals surface area contributed by atoms with E-state index in [9.17, 15) is 4.79 Å². The van der Waals surface area contributed by atoms with E-state index in [0.29, 0.717) is 28.6 Å². The first-order chi connectivity index (χ1) is 14.5. The highest BCUT2D eigenvalue weighted by molar-refractivity contribution is 5.93. The summed E-state index contributed by atoms with van der Waals surface area (Å²) in [6, 6.07) is 12.8. The largest absolute Gasteiger partial charge is 0.423 e. The number of esters is 1. The van der Waals surface area contributed by atoms with Crippen molar-refractivity contribution in [3.8, 4) is 5.75 Å². The van der Waals surface area contributed by atoms with Crippen LogP contribution in [0.2, 0.25) is 0 Å². The summed E-state index contributed by atoms with van der Waals surface area (Å²) in [4.78, 5) is 12.4. The van der Waals surface area contributed by atoms with Crippen molar-refractivity contribution >= 4 is 17.3 Å². The maximum atomic E-state index is 12.4. The van der Waals surface area contributed by atoms with Gasteiger partial charge in [0.1, 0.15) is 5.75 Å². The number of nitrogen functional groups attached to an aromatic ring is 2. The zero-order valence-electron chi connectivity index (χ0n) is 18.0. The first-order valence-corrected chi connectivity index (χ1v) is 11.5.